The van der Waals surface area contributed by atoms with Crippen LogP contribution in [0.2, 0.25) is 0 Å². The molecule has 0 radical (unpaired) electrons. The summed E-state index contributed by atoms with van der Waals surface area (Å²) in [6.45, 7) is 9.53. The van der Waals surface area contributed by atoms with Gasteiger partial charge in [-0.05, 0) is 0 Å². The van der Waals surface area contributed by atoms with Gasteiger partial charge in [0.2, 0.25) is 0 Å². The van der Waals surface area contributed by atoms with E-state index in [0.717, 1.165) is 6.42 Å². The maximum Gasteiger partial charge on any atom is -1.00 e. The molecule has 0 amide bonds. The summed E-state index contributed by atoms with van der Waals surface area (Å²) in [4.78, 5) is 0. The summed E-state index contributed by atoms with van der Waals surface area (Å²) in [5.41, 5.74) is 15.5. The van der Waals surface area contributed by atoms with Gasteiger partial charge in [-0.1, -0.05) is 0 Å². The topological polar surface area (TPSA) is 0 Å². The Hall–Kier alpha value is -3.87. The molecular weight excluding hydrogens is 775 g/mol. The van der Waals surface area contributed by atoms with Gasteiger partial charge < -0.3 is 24.8 Å². The van der Waals surface area contributed by atoms with E-state index in [1.165, 1.54) is 74.9 Å². The third-order valence-electron chi connectivity index (χ3n) is 11.0. The Morgan fingerprint density at radius 3 is 1.72 bits per heavy atom. The van der Waals surface area contributed by atoms with Gasteiger partial charge in [-0.25, -0.2) is 0 Å². The molecule has 0 N–H and O–H groups in total. The number of halogens is 2. The first-order valence-electron chi connectivity index (χ1n) is 19.1. The molecular formula is C51H48Cl2Zr. The van der Waals surface area contributed by atoms with Crippen LogP contribution < -0.4 is 28.1 Å². The molecule has 6 aromatic carbocycles. The molecule has 8 rings (SSSR count). The Balaban J connectivity index is 0.00000249. The summed E-state index contributed by atoms with van der Waals surface area (Å²) < 4.78 is 4.98. The summed E-state index contributed by atoms with van der Waals surface area (Å²) in [6.07, 6.45) is 10.00. The van der Waals surface area contributed by atoms with E-state index in [2.05, 4.69) is 192 Å². The smallest absolute Gasteiger partial charge is 1.00 e. The van der Waals surface area contributed by atoms with Crippen molar-refractivity contribution in [1.29, 1.82) is 0 Å². The molecule has 0 fully saturated rings. The monoisotopic (exact) mass is 820 g/mol. The molecule has 0 aromatic heterocycles. The van der Waals surface area contributed by atoms with E-state index in [1.54, 1.807) is 15.3 Å². The molecule has 0 nitrogen and oxygen atoms in total. The van der Waals surface area contributed by atoms with Gasteiger partial charge in [0, 0.05) is 0 Å². The molecule has 2 aliphatic carbocycles. The van der Waals surface area contributed by atoms with Crippen LogP contribution in [-0.2, 0) is 27.7 Å². The second-order valence-electron chi connectivity index (χ2n) is 15.5. The zero-order chi connectivity index (χ0) is 35.7. The average molecular weight is 823 g/mol. The van der Waals surface area contributed by atoms with Crippen molar-refractivity contribution in [1.82, 2.24) is 0 Å². The van der Waals surface area contributed by atoms with Crippen LogP contribution >= 0.6 is 0 Å². The van der Waals surface area contributed by atoms with Crippen LogP contribution in [0.4, 0.5) is 0 Å². The molecule has 3 heteroatoms. The molecule has 1 atom stereocenters. The van der Waals surface area contributed by atoms with Gasteiger partial charge in [-0.2, -0.15) is 0 Å². The Bertz CT molecular complexity index is 2270. The number of benzene rings is 6. The number of hydrogen-bond acceptors (Lipinski definition) is 0. The first-order valence-corrected chi connectivity index (χ1v) is 22.8. The van der Waals surface area contributed by atoms with Gasteiger partial charge >= 0.3 is 321 Å². The standard InChI is InChI=1S/C25H17.C13H10.C13H21.2ClH.Zr/c1-3-7-18(8-4-1)20-11-13-24-22(15-20)17-23-16-21(12-14-25(23)24)19-9-5-2-6-10-19;1-3-7-12(8-4-1)11-13-9-5-2-6-10-13;1-5-6-7-11-8-9-12(10-11)13(2,3)4;;;/h1-15H,17H2;1-10H;9-11H,5-7H2,1-4H3;2*1H;/q;;;;;+2/p-2. The third-order valence-corrected chi connectivity index (χ3v) is 19.0. The van der Waals surface area contributed by atoms with Gasteiger partial charge in [0.05, 0.1) is 0 Å². The second-order valence-corrected chi connectivity index (χ2v) is 21.2. The first kappa shape index (κ1) is 39.8. The molecule has 1 unspecified atom stereocenters. The van der Waals surface area contributed by atoms with Crippen molar-refractivity contribution in [2.45, 2.75) is 53.4 Å². The van der Waals surface area contributed by atoms with Crippen LogP contribution in [0.5, 0.6) is 0 Å². The molecule has 6 aromatic rings. The molecule has 0 spiro atoms. The van der Waals surface area contributed by atoms with Crippen LogP contribution in [0.25, 0.3) is 33.4 Å². The number of rotatable bonds is 9. The predicted octanol–water partition coefficient (Wildman–Crippen LogP) is 6.79. The van der Waals surface area contributed by atoms with Gasteiger partial charge in [0.25, 0.3) is 0 Å². The maximum absolute atomic E-state index is 3.07. The Morgan fingerprint density at radius 2 is 1.15 bits per heavy atom. The van der Waals surface area contributed by atoms with E-state index in [4.69, 9.17) is 0 Å². The molecule has 0 saturated carbocycles. The van der Waals surface area contributed by atoms with Crippen LogP contribution in [0.15, 0.2) is 173 Å². The van der Waals surface area contributed by atoms with Crippen molar-refractivity contribution < 1.29 is 46.1 Å². The maximum atomic E-state index is 2.70. The number of hydrogen-bond donors (Lipinski definition) is 0. The first-order chi connectivity index (χ1) is 25.4. The average Bonchev–Trinajstić information content (AvgIpc) is 3.79. The second kappa shape index (κ2) is 17.3. The molecule has 0 heterocycles. The van der Waals surface area contributed by atoms with Crippen molar-refractivity contribution in [3.63, 3.8) is 0 Å². The van der Waals surface area contributed by atoms with Crippen LogP contribution in [-0.4, -0.2) is 3.21 Å². The SMILES string of the molecule is CCCCC1C=C(C(C)(C)C)C=[C]1[Zr+2](=[C](c1ccccc1)c1ccccc1)[c]1c(-c2ccccc2)ccc2c1Cc1cc(-c3ccccc3)ccc1-2.[Cl-].[Cl-]. The fourth-order valence-corrected chi connectivity index (χ4v) is 17.3. The predicted molar refractivity (Wildman–Crippen MR) is 220 cm³/mol. The quantitative estimate of drug-likeness (QED) is 0.151. The fourth-order valence-electron chi connectivity index (χ4n) is 8.33. The number of unbranched alkanes of at least 4 members (excludes halogenated alkanes) is 1. The van der Waals surface area contributed by atoms with Crippen molar-refractivity contribution >= 4 is 6.48 Å². The zero-order valence-electron chi connectivity index (χ0n) is 31.8. The molecule has 0 bridgehead atoms. The van der Waals surface area contributed by atoms with E-state index in [1.807, 2.05) is 0 Å². The van der Waals surface area contributed by atoms with Gasteiger partial charge in [-0.3, -0.25) is 0 Å². The largest absolute Gasteiger partial charge is 1.00 e. The van der Waals surface area contributed by atoms with Crippen molar-refractivity contribution in [3.05, 3.63) is 195 Å². The number of allylic oxidation sites excluding steroid dienone is 4. The zero-order valence-corrected chi connectivity index (χ0v) is 35.7. The van der Waals surface area contributed by atoms with Crippen molar-refractivity contribution in [2.75, 3.05) is 0 Å². The Morgan fingerprint density at radius 1 is 0.611 bits per heavy atom. The minimum Gasteiger partial charge on any atom is -1.00 e. The van der Waals surface area contributed by atoms with Crippen LogP contribution in [0, 0.1) is 11.3 Å². The summed E-state index contributed by atoms with van der Waals surface area (Å²) in [5, 5.41) is 0. The Kier molecular flexibility index (Phi) is 12.8. The molecule has 0 aliphatic heterocycles. The van der Waals surface area contributed by atoms with Crippen LogP contribution in [0.3, 0.4) is 0 Å². The van der Waals surface area contributed by atoms with Crippen LogP contribution in [0.1, 0.15) is 69.2 Å². The van der Waals surface area contributed by atoms with E-state index < -0.39 is 21.3 Å². The Labute approximate surface area is 343 Å². The normalized spacial score (nSPS) is 14.0. The van der Waals surface area contributed by atoms with E-state index >= 15 is 0 Å². The minimum atomic E-state index is -3.07. The third kappa shape index (κ3) is 7.93. The molecule has 2 aliphatic rings. The van der Waals surface area contributed by atoms with E-state index in [-0.39, 0.29) is 30.2 Å². The summed E-state index contributed by atoms with van der Waals surface area (Å²) in [6, 6.07) is 57.1. The molecule has 0 saturated heterocycles. The van der Waals surface area contributed by atoms with Gasteiger partial charge in [0.1, 0.15) is 0 Å². The van der Waals surface area contributed by atoms with E-state index in [0.29, 0.717) is 5.92 Å². The van der Waals surface area contributed by atoms with Gasteiger partial charge in [0.15, 0.2) is 0 Å². The molecule has 270 valence electrons. The number of fused-ring (bicyclic) bond motifs is 3. The minimum absolute atomic E-state index is 0. The summed E-state index contributed by atoms with van der Waals surface area (Å²) >= 11 is -3.07. The summed E-state index contributed by atoms with van der Waals surface area (Å²) in [5.74, 6) is 0.457. The van der Waals surface area contributed by atoms with Gasteiger partial charge in [-0.15, -0.1) is 0 Å². The van der Waals surface area contributed by atoms with Crippen molar-refractivity contribution in [3.8, 4) is 33.4 Å². The van der Waals surface area contributed by atoms with E-state index in [9.17, 15) is 0 Å². The molecule has 54 heavy (non-hydrogen) atoms. The summed E-state index contributed by atoms with van der Waals surface area (Å²) in [7, 11) is 0. The van der Waals surface area contributed by atoms with Crippen molar-refractivity contribution in [2.24, 2.45) is 11.3 Å². The fraction of sp³-hybridized carbons (Fsp3) is 0.196.